The van der Waals surface area contributed by atoms with Crippen LogP contribution in [0.4, 0.5) is 10.5 Å². The summed E-state index contributed by atoms with van der Waals surface area (Å²) in [7, 11) is -4.31. The van der Waals surface area contributed by atoms with E-state index in [2.05, 4.69) is 0 Å². The molecule has 0 unspecified atom stereocenters. The van der Waals surface area contributed by atoms with Gasteiger partial charge < -0.3 is 18.8 Å². The molecule has 9 nitrogen and oxygen atoms in total. The third-order valence-electron chi connectivity index (χ3n) is 6.16. The summed E-state index contributed by atoms with van der Waals surface area (Å²) in [5.74, 6) is -0.313. The lowest BCUT2D eigenvalue weighted by Crippen LogP contribution is -2.50. The van der Waals surface area contributed by atoms with Gasteiger partial charge in [-0.25, -0.2) is 18.0 Å². The molecule has 2 amide bonds. The maximum absolute atomic E-state index is 13.8. The van der Waals surface area contributed by atoms with Crippen molar-refractivity contribution in [1.29, 1.82) is 0 Å². The van der Waals surface area contributed by atoms with Crippen LogP contribution in [0.15, 0.2) is 88.2 Å². The van der Waals surface area contributed by atoms with Crippen LogP contribution in [0.2, 0.25) is 0 Å². The summed E-state index contributed by atoms with van der Waals surface area (Å²) in [6.07, 6.45) is 0. The Balaban J connectivity index is 1.70. The number of carbonyl (C=O) groups excluding carboxylic acids is 2. The van der Waals surface area contributed by atoms with Crippen LogP contribution in [0.1, 0.15) is 17.3 Å². The van der Waals surface area contributed by atoms with Crippen molar-refractivity contribution in [3.8, 4) is 11.3 Å². The number of hydrogen-bond acceptors (Lipinski definition) is 7. The first-order valence-electron chi connectivity index (χ1n) is 12.2. The van der Waals surface area contributed by atoms with Gasteiger partial charge in [0.25, 0.3) is 10.0 Å². The molecule has 196 valence electrons. The van der Waals surface area contributed by atoms with Crippen molar-refractivity contribution in [2.75, 3.05) is 37.2 Å². The second-order valence-corrected chi connectivity index (χ2v) is 10.3. The van der Waals surface area contributed by atoms with E-state index < -0.39 is 22.0 Å². The number of furan rings is 1. The summed E-state index contributed by atoms with van der Waals surface area (Å²) >= 11 is 0. The van der Waals surface area contributed by atoms with Gasteiger partial charge in [-0.15, -0.1) is 0 Å². The third kappa shape index (κ3) is 4.75. The number of carbonyl (C=O) groups is 2. The molecule has 0 saturated carbocycles. The molecule has 0 spiro atoms. The molecular weight excluding hydrogens is 508 g/mol. The molecule has 3 aromatic carbocycles. The largest absolute Gasteiger partial charge is 0.462 e. The molecule has 10 heteroatoms. The Hall–Kier alpha value is -4.15. The lowest BCUT2D eigenvalue weighted by molar-refractivity contribution is 0.0528. The molecule has 38 heavy (non-hydrogen) atoms. The summed E-state index contributed by atoms with van der Waals surface area (Å²) in [4.78, 5) is 28.2. The first kappa shape index (κ1) is 25.5. The van der Waals surface area contributed by atoms with Crippen LogP contribution in [-0.2, 0) is 19.5 Å². The van der Waals surface area contributed by atoms with E-state index in [-0.39, 0.29) is 35.8 Å². The highest BCUT2D eigenvalue weighted by atomic mass is 32.2. The van der Waals surface area contributed by atoms with Crippen LogP contribution in [0.3, 0.4) is 0 Å². The van der Waals surface area contributed by atoms with Crippen LogP contribution in [-0.4, -0.2) is 58.2 Å². The predicted octanol–water partition coefficient (Wildman–Crippen LogP) is 4.92. The van der Waals surface area contributed by atoms with Gasteiger partial charge in [0.2, 0.25) is 0 Å². The van der Waals surface area contributed by atoms with Gasteiger partial charge in [0.1, 0.15) is 16.9 Å². The second-order valence-electron chi connectivity index (χ2n) is 8.54. The van der Waals surface area contributed by atoms with E-state index >= 15 is 0 Å². The monoisotopic (exact) mass is 534 g/mol. The number of esters is 1. The number of amides is 2. The highest BCUT2D eigenvalue weighted by molar-refractivity contribution is 7.93. The van der Waals surface area contributed by atoms with E-state index in [1.54, 1.807) is 43.3 Å². The molecule has 5 rings (SSSR count). The summed E-state index contributed by atoms with van der Waals surface area (Å²) in [6.45, 7) is 2.95. The number of urea groups is 1. The maximum Gasteiger partial charge on any atom is 0.342 e. The summed E-state index contributed by atoms with van der Waals surface area (Å²) < 4.78 is 45.2. The molecule has 1 aliphatic rings. The van der Waals surface area contributed by atoms with Gasteiger partial charge in [-0.1, -0.05) is 48.5 Å². The smallest absolute Gasteiger partial charge is 0.342 e. The fraction of sp³-hybridized carbons (Fsp3) is 0.214. The van der Waals surface area contributed by atoms with E-state index in [4.69, 9.17) is 13.9 Å². The Morgan fingerprint density at radius 1 is 0.947 bits per heavy atom. The van der Waals surface area contributed by atoms with E-state index in [1.807, 2.05) is 18.2 Å². The lowest BCUT2D eigenvalue weighted by atomic mass is 10.1. The van der Waals surface area contributed by atoms with Crippen molar-refractivity contribution < 1.29 is 31.9 Å². The van der Waals surface area contributed by atoms with Crippen LogP contribution in [0.5, 0.6) is 0 Å². The van der Waals surface area contributed by atoms with Crippen LogP contribution in [0.25, 0.3) is 22.3 Å². The molecule has 4 aromatic rings. The number of rotatable bonds is 6. The zero-order chi connectivity index (χ0) is 26.7. The molecule has 1 fully saturated rings. The van der Waals surface area contributed by atoms with Crippen molar-refractivity contribution in [2.45, 2.75) is 11.8 Å². The number of anilines is 1. The number of fused-ring (bicyclic) bond motifs is 1. The molecule has 1 aliphatic heterocycles. The molecule has 0 N–H and O–H groups in total. The molecule has 0 atom stereocenters. The van der Waals surface area contributed by atoms with Gasteiger partial charge in [-0.2, -0.15) is 4.31 Å². The van der Waals surface area contributed by atoms with Gasteiger partial charge in [0.05, 0.1) is 30.4 Å². The van der Waals surface area contributed by atoms with E-state index in [1.165, 1.54) is 29.2 Å². The van der Waals surface area contributed by atoms with E-state index in [9.17, 15) is 18.0 Å². The quantitative estimate of drug-likeness (QED) is 0.323. The Kier molecular flexibility index (Phi) is 7.17. The van der Waals surface area contributed by atoms with Crippen LogP contribution in [0, 0.1) is 0 Å². The number of hydrogen-bond donors (Lipinski definition) is 0. The number of benzene rings is 3. The fourth-order valence-corrected chi connectivity index (χ4v) is 5.77. The topological polar surface area (TPSA) is 106 Å². The molecule has 1 aromatic heterocycles. The zero-order valence-electron chi connectivity index (χ0n) is 20.7. The van der Waals surface area contributed by atoms with Crippen molar-refractivity contribution >= 4 is 38.7 Å². The average Bonchev–Trinajstić information content (AvgIpc) is 3.34. The minimum Gasteiger partial charge on any atom is -0.462 e. The predicted molar refractivity (Wildman–Crippen MR) is 142 cm³/mol. The van der Waals surface area contributed by atoms with Crippen molar-refractivity contribution in [3.05, 3.63) is 84.4 Å². The van der Waals surface area contributed by atoms with Crippen LogP contribution >= 0.6 is 0 Å². The van der Waals surface area contributed by atoms with Crippen molar-refractivity contribution in [1.82, 2.24) is 4.90 Å². The lowest BCUT2D eigenvalue weighted by Gasteiger charge is -2.32. The average molecular weight is 535 g/mol. The molecule has 2 heterocycles. The van der Waals surface area contributed by atoms with Crippen molar-refractivity contribution in [3.63, 3.8) is 0 Å². The highest BCUT2D eigenvalue weighted by Crippen LogP contribution is 2.37. The Morgan fingerprint density at radius 2 is 1.61 bits per heavy atom. The number of ether oxygens (including phenoxy) is 2. The Bertz CT molecular complexity index is 1560. The number of morpholine rings is 1. The number of sulfonamides is 1. The minimum atomic E-state index is -4.31. The Labute approximate surface area is 220 Å². The molecule has 0 bridgehead atoms. The molecule has 0 radical (unpaired) electrons. The summed E-state index contributed by atoms with van der Waals surface area (Å²) in [5, 5.41) is 0.336. The van der Waals surface area contributed by atoms with Crippen molar-refractivity contribution in [2.24, 2.45) is 0 Å². The molecular formula is C28H26N2O7S. The number of nitrogens with zero attached hydrogens (tertiary/aromatic N) is 2. The maximum atomic E-state index is 13.8. The second kappa shape index (κ2) is 10.7. The minimum absolute atomic E-state index is 0.0375. The van der Waals surface area contributed by atoms with Gasteiger partial charge in [0.15, 0.2) is 0 Å². The van der Waals surface area contributed by atoms with Gasteiger partial charge in [-0.3, -0.25) is 0 Å². The van der Waals surface area contributed by atoms with Gasteiger partial charge in [0, 0.05) is 24.0 Å². The van der Waals surface area contributed by atoms with E-state index in [0.29, 0.717) is 35.5 Å². The first-order valence-corrected chi connectivity index (χ1v) is 13.6. The summed E-state index contributed by atoms with van der Waals surface area (Å²) in [5.41, 5.74) is 1.24. The fourth-order valence-electron chi connectivity index (χ4n) is 4.34. The SMILES string of the molecule is CCOC(=O)c1c(-c2ccccc2)oc2ccc(N(C(=O)N3CCOCC3)S(=O)(=O)c3ccccc3)cc12. The molecule has 0 aliphatic carbocycles. The van der Waals surface area contributed by atoms with Gasteiger partial charge >= 0.3 is 12.0 Å². The summed E-state index contributed by atoms with van der Waals surface area (Å²) in [6, 6.07) is 20.7. The highest BCUT2D eigenvalue weighted by Gasteiger charge is 2.36. The Morgan fingerprint density at radius 3 is 2.26 bits per heavy atom. The third-order valence-corrected chi connectivity index (χ3v) is 7.87. The zero-order valence-corrected chi connectivity index (χ0v) is 21.5. The normalized spacial score (nSPS) is 13.9. The standard InChI is InChI=1S/C28H26N2O7S/c1-2-36-27(31)25-23-19-21(13-14-24(23)37-26(25)20-9-5-3-6-10-20)30(28(32)29-15-17-35-18-16-29)38(33,34)22-11-7-4-8-12-22/h3-14,19H,2,15-18H2,1H3. The first-order chi connectivity index (χ1) is 18.4. The van der Waals surface area contributed by atoms with Gasteiger partial charge in [-0.05, 0) is 37.3 Å². The van der Waals surface area contributed by atoms with Crippen LogP contribution < -0.4 is 4.31 Å². The van der Waals surface area contributed by atoms with E-state index in [0.717, 1.165) is 4.31 Å². The molecule has 1 saturated heterocycles.